The number of aldehydes is 1. The van der Waals surface area contributed by atoms with E-state index < -0.39 is 30.1 Å². The van der Waals surface area contributed by atoms with Gasteiger partial charge in [-0.15, -0.1) is 0 Å². The molecule has 5 rings (SSSR count). The minimum Gasteiger partial charge on any atom is -0.445 e. The van der Waals surface area contributed by atoms with Crippen molar-refractivity contribution < 1.29 is 28.7 Å². The van der Waals surface area contributed by atoms with Gasteiger partial charge in [0.25, 0.3) is 0 Å². The average Bonchev–Trinajstić information content (AvgIpc) is 3.32. The van der Waals surface area contributed by atoms with E-state index in [1.54, 1.807) is 4.90 Å². The van der Waals surface area contributed by atoms with Gasteiger partial charge in [0, 0.05) is 25.4 Å². The Kier molecular flexibility index (Phi) is 8.61. The number of hydrogen-bond acceptors (Lipinski definition) is 6. The molecule has 10 heteroatoms. The zero-order chi connectivity index (χ0) is 29.9. The van der Waals surface area contributed by atoms with Crippen LogP contribution in [-0.4, -0.2) is 66.2 Å². The minimum absolute atomic E-state index is 0.0537. The van der Waals surface area contributed by atoms with Crippen LogP contribution in [0.2, 0.25) is 0 Å². The molecule has 0 bridgehead atoms. The van der Waals surface area contributed by atoms with Gasteiger partial charge < -0.3 is 30.4 Å². The van der Waals surface area contributed by atoms with Crippen LogP contribution in [0.1, 0.15) is 37.8 Å². The first kappa shape index (κ1) is 29.3. The lowest BCUT2D eigenvalue weighted by atomic mass is 9.96. The lowest BCUT2D eigenvalue weighted by Gasteiger charge is -2.33. The Labute approximate surface area is 245 Å². The highest BCUT2D eigenvalue weighted by atomic mass is 16.5. The van der Waals surface area contributed by atoms with Gasteiger partial charge in [-0.2, -0.15) is 0 Å². The van der Waals surface area contributed by atoms with E-state index in [9.17, 15) is 24.0 Å². The van der Waals surface area contributed by atoms with Crippen LogP contribution in [-0.2, 0) is 36.9 Å². The second-order valence-corrected chi connectivity index (χ2v) is 12.1. The molecule has 0 radical (unpaired) electrons. The number of fused-ring (bicyclic) bond motifs is 1. The monoisotopic (exact) mass is 574 g/mol. The van der Waals surface area contributed by atoms with Gasteiger partial charge in [0.2, 0.25) is 17.7 Å². The molecular weight excluding hydrogens is 536 g/mol. The molecule has 1 aliphatic carbocycles. The molecule has 4 amide bonds. The third-order valence-electron chi connectivity index (χ3n) is 9.04. The molecular formula is C32H38N4O6. The summed E-state index contributed by atoms with van der Waals surface area (Å²) in [6, 6.07) is 16.0. The van der Waals surface area contributed by atoms with Gasteiger partial charge in [-0.05, 0) is 41.2 Å². The van der Waals surface area contributed by atoms with E-state index >= 15 is 0 Å². The number of likely N-dealkylation sites (tertiary alicyclic amines) is 1. The molecule has 0 unspecified atom stereocenters. The van der Waals surface area contributed by atoms with Gasteiger partial charge in [-0.25, -0.2) is 4.79 Å². The summed E-state index contributed by atoms with van der Waals surface area (Å²) >= 11 is 0. The zero-order valence-corrected chi connectivity index (χ0v) is 24.0. The van der Waals surface area contributed by atoms with Crippen molar-refractivity contribution >= 4 is 30.1 Å². The molecule has 1 saturated carbocycles. The third kappa shape index (κ3) is 6.32. The maximum absolute atomic E-state index is 14.1. The molecule has 3 N–H and O–H groups in total. The lowest BCUT2D eigenvalue weighted by Crippen LogP contribution is -2.57. The van der Waals surface area contributed by atoms with Crippen molar-refractivity contribution in [1.82, 2.24) is 20.9 Å². The summed E-state index contributed by atoms with van der Waals surface area (Å²) in [4.78, 5) is 66.1. The molecule has 42 heavy (non-hydrogen) atoms. The Hall–Kier alpha value is -4.21. The van der Waals surface area contributed by atoms with Crippen molar-refractivity contribution in [2.75, 3.05) is 13.1 Å². The van der Waals surface area contributed by atoms with Crippen LogP contribution in [0.4, 0.5) is 4.79 Å². The van der Waals surface area contributed by atoms with Crippen molar-refractivity contribution in [2.24, 2.45) is 23.2 Å². The van der Waals surface area contributed by atoms with Crippen molar-refractivity contribution in [3.05, 3.63) is 71.8 Å². The molecule has 2 aliphatic heterocycles. The number of carbonyl (C=O) groups excluding carboxylic acids is 5. The summed E-state index contributed by atoms with van der Waals surface area (Å²) in [5.41, 5.74) is 1.52. The standard InChI is InChI=1S/C32H38N4O6/c1-32(2)24-17-36(27(26(24)32)29(39)34-23(18-37)16-22-13-14-33-28(22)38)30(40)25(15-20-9-5-3-6-10-20)35-31(41)42-19-21-11-7-4-8-12-21/h3-12,18,22-27H,13-17,19H2,1-2H3,(H,33,38)(H,34,39)(H,35,41)/t22-,23-,24-,25-,26-,27-/m0/s1. The number of nitrogens with zero attached hydrogens (tertiary/aromatic N) is 1. The quantitative estimate of drug-likeness (QED) is 0.353. The Morgan fingerprint density at radius 1 is 1.05 bits per heavy atom. The summed E-state index contributed by atoms with van der Waals surface area (Å²) < 4.78 is 5.41. The van der Waals surface area contributed by atoms with Crippen molar-refractivity contribution in [1.29, 1.82) is 0 Å². The second-order valence-electron chi connectivity index (χ2n) is 12.1. The van der Waals surface area contributed by atoms with Crippen LogP contribution >= 0.6 is 0 Å². The third-order valence-corrected chi connectivity index (χ3v) is 9.04. The first-order chi connectivity index (χ1) is 20.2. The Bertz CT molecular complexity index is 1320. The van der Waals surface area contributed by atoms with Crippen molar-refractivity contribution in [3.63, 3.8) is 0 Å². The number of carbonyl (C=O) groups is 5. The zero-order valence-electron chi connectivity index (χ0n) is 24.0. The van der Waals surface area contributed by atoms with Gasteiger partial charge in [0.1, 0.15) is 25.0 Å². The highest BCUT2D eigenvalue weighted by Gasteiger charge is 2.69. The first-order valence-corrected chi connectivity index (χ1v) is 14.5. The fourth-order valence-corrected chi connectivity index (χ4v) is 6.56. The summed E-state index contributed by atoms with van der Waals surface area (Å²) in [6.07, 6.45) is 0.970. The predicted molar refractivity (Wildman–Crippen MR) is 154 cm³/mol. The van der Waals surface area contributed by atoms with E-state index in [4.69, 9.17) is 4.74 Å². The van der Waals surface area contributed by atoms with Gasteiger partial charge in [0.15, 0.2) is 0 Å². The maximum Gasteiger partial charge on any atom is 0.408 e. The van der Waals surface area contributed by atoms with E-state index in [-0.39, 0.29) is 54.4 Å². The first-order valence-electron chi connectivity index (χ1n) is 14.5. The number of hydrogen-bond donors (Lipinski definition) is 3. The topological polar surface area (TPSA) is 134 Å². The summed E-state index contributed by atoms with van der Waals surface area (Å²) in [5, 5.41) is 8.31. The number of amides is 4. The molecule has 6 atom stereocenters. The van der Waals surface area contributed by atoms with Crippen molar-refractivity contribution in [3.8, 4) is 0 Å². The van der Waals surface area contributed by atoms with E-state index in [1.807, 2.05) is 60.7 Å². The Morgan fingerprint density at radius 2 is 1.71 bits per heavy atom. The van der Waals surface area contributed by atoms with Crippen molar-refractivity contribution in [2.45, 2.75) is 57.8 Å². The van der Waals surface area contributed by atoms with Gasteiger partial charge in [-0.1, -0.05) is 74.5 Å². The molecule has 222 valence electrons. The number of nitrogens with one attached hydrogen (secondary N) is 3. The number of alkyl carbamates (subject to hydrolysis) is 1. The fourth-order valence-electron chi connectivity index (χ4n) is 6.56. The van der Waals surface area contributed by atoms with Gasteiger partial charge in [-0.3, -0.25) is 14.4 Å². The van der Waals surface area contributed by atoms with E-state index in [0.717, 1.165) is 11.1 Å². The second kappa shape index (κ2) is 12.3. The number of ether oxygens (including phenoxy) is 1. The Balaban J connectivity index is 1.31. The van der Waals surface area contributed by atoms with Crippen LogP contribution < -0.4 is 16.0 Å². The number of rotatable bonds is 11. The van der Waals surface area contributed by atoms with Crippen LogP contribution in [0.3, 0.4) is 0 Å². The summed E-state index contributed by atoms with van der Waals surface area (Å²) in [7, 11) is 0. The maximum atomic E-state index is 14.1. The largest absolute Gasteiger partial charge is 0.445 e. The van der Waals surface area contributed by atoms with E-state index in [0.29, 0.717) is 25.8 Å². The highest BCUT2D eigenvalue weighted by Crippen LogP contribution is 2.64. The predicted octanol–water partition coefficient (Wildman–Crippen LogP) is 2.22. The van der Waals surface area contributed by atoms with Crippen LogP contribution in [0.15, 0.2) is 60.7 Å². The molecule has 2 saturated heterocycles. The number of benzene rings is 2. The molecule has 2 heterocycles. The fraction of sp³-hybridized carbons (Fsp3) is 0.469. The molecule has 3 aliphatic rings. The average molecular weight is 575 g/mol. The smallest absolute Gasteiger partial charge is 0.408 e. The molecule has 2 aromatic carbocycles. The molecule has 0 spiro atoms. The van der Waals surface area contributed by atoms with Gasteiger partial charge >= 0.3 is 6.09 Å². The summed E-state index contributed by atoms with van der Waals surface area (Å²) in [5.74, 6) is -1.21. The lowest BCUT2D eigenvalue weighted by molar-refractivity contribution is -0.142. The molecule has 2 aromatic rings. The normalized spacial score (nSPS) is 25.0. The van der Waals surface area contributed by atoms with E-state index in [1.165, 1.54) is 0 Å². The van der Waals surface area contributed by atoms with Crippen LogP contribution in [0.25, 0.3) is 0 Å². The van der Waals surface area contributed by atoms with Crippen LogP contribution in [0.5, 0.6) is 0 Å². The summed E-state index contributed by atoms with van der Waals surface area (Å²) in [6.45, 7) is 5.13. The van der Waals surface area contributed by atoms with Crippen LogP contribution in [0, 0.1) is 23.2 Å². The van der Waals surface area contributed by atoms with E-state index in [2.05, 4.69) is 29.8 Å². The molecule has 3 fully saturated rings. The highest BCUT2D eigenvalue weighted by molar-refractivity contribution is 5.94. The SMILES string of the molecule is CC1(C)[C@@H]2[C@@H](C(=O)N[C@H](C=O)C[C@@H]3CCNC3=O)N(C(=O)[C@H](Cc3ccccc3)NC(=O)OCc3ccccc3)C[C@@H]21. The molecule has 0 aromatic heterocycles. The molecule has 10 nitrogen and oxygen atoms in total. The number of piperidine rings is 1. The van der Waals surface area contributed by atoms with Gasteiger partial charge in [0.05, 0.1) is 6.04 Å². The minimum atomic E-state index is -0.962. The Morgan fingerprint density at radius 3 is 2.33 bits per heavy atom.